The number of aliphatic hydroxyl groups is 1. The summed E-state index contributed by atoms with van der Waals surface area (Å²) < 4.78 is 16.4. The SMILES string of the molecule is CC(=O)OC(CCC(C)=CCOC1CCCCO1)C(C)(C)O. The van der Waals surface area contributed by atoms with Crippen molar-refractivity contribution in [3.8, 4) is 0 Å². The lowest BCUT2D eigenvalue weighted by molar-refractivity contribution is -0.160. The molecule has 0 saturated carbocycles. The van der Waals surface area contributed by atoms with E-state index >= 15 is 0 Å². The van der Waals surface area contributed by atoms with Gasteiger partial charge in [-0.3, -0.25) is 4.79 Å². The van der Waals surface area contributed by atoms with Crippen molar-refractivity contribution in [2.24, 2.45) is 0 Å². The molecule has 1 aliphatic rings. The van der Waals surface area contributed by atoms with Crippen LogP contribution in [0, 0.1) is 0 Å². The van der Waals surface area contributed by atoms with Crippen LogP contribution in [-0.4, -0.2) is 42.3 Å². The molecule has 0 spiro atoms. The molecule has 0 aromatic heterocycles. The summed E-state index contributed by atoms with van der Waals surface area (Å²) in [6.07, 6.45) is 6.00. The zero-order valence-electron chi connectivity index (χ0n) is 14.3. The topological polar surface area (TPSA) is 65.0 Å². The van der Waals surface area contributed by atoms with E-state index in [0.29, 0.717) is 13.0 Å². The molecule has 1 rings (SSSR count). The van der Waals surface area contributed by atoms with Crippen molar-refractivity contribution in [2.45, 2.75) is 77.8 Å². The van der Waals surface area contributed by atoms with Gasteiger partial charge < -0.3 is 19.3 Å². The number of carbonyl (C=O) groups is 1. The van der Waals surface area contributed by atoms with E-state index in [1.54, 1.807) is 13.8 Å². The lowest BCUT2D eigenvalue weighted by Gasteiger charge is -2.28. The summed E-state index contributed by atoms with van der Waals surface area (Å²) in [5.74, 6) is -0.369. The Hall–Kier alpha value is -0.910. The second-order valence-electron chi connectivity index (χ2n) is 6.47. The van der Waals surface area contributed by atoms with Crippen molar-refractivity contribution in [3.63, 3.8) is 0 Å². The van der Waals surface area contributed by atoms with Gasteiger partial charge in [0.2, 0.25) is 0 Å². The Bertz CT molecular complexity index is 364. The van der Waals surface area contributed by atoms with Crippen molar-refractivity contribution in [1.82, 2.24) is 0 Å². The molecule has 1 fully saturated rings. The second kappa shape index (κ2) is 9.28. The first-order valence-corrected chi connectivity index (χ1v) is 8.07. The summed E-state index contributed by atoms with van der Waals surface area (Å²) in [5, 5.41) is 10.0. The summed E-state index contributed by atoms with van der Waals surface area (Å²) in [6.45, 7) is 7.99. The zero-order valence-corrected chi connectivity index (χ0v) is 14.3. The summed E-state index contributed by atoms with van der Waals surface area (Å²) in [6, 6.07) is 0. The molecular formula is C17H30O5. The lowest BCUT2D eigenvalue weighted by atomic mass is 9.95. The van der Waals surface area contributed by atoms with E-state index in [9.17, 15) is 9.90 Å². The van der Waals surface area contributed by atoms with Crippen molar-refractivity contribution in [1.29, 1.82) is 0 Å². The third kappa shape index (κ3) is 7.92. The summed E-state index contributed by atoms with van der Waals surface area (Å²) in [7, 11) is 0. The van der Waals surface area contributed by atoms with E-state index in [-0.39, 0.29) is 12.3 Å². The van der Waals surface area contributed by atoms with Gasteiger partial charge in [0.1, 0.15) is 6.10 Å². The van der Waals surface area contributed by atoms with E-state index in [0.717, 1.165) is 37.9 Å². The molecule has 0 aliphatic carbocycles. The van der Waals surface area contributed by atoms with Gasteiger partial charge in [0, 0.05) is 13.5 Å². The van der Waals surface area contributed by atoms with Crippen molar-refractivity contribution in [3.05, 3.63) is 11.6 Å². The smallest absolute Gasteiger partial charge is 0.303 e. The van der Waals surface area contributed by atoms with Gasteiger partial charge >= 0.3 is 5.97 Å². The number of hydrogen-bond acceptors (Lipinski definition) is 5. The molecule has 1 saturated heterocycles. The van der Waals surface area contributed by atoms with E-state index in [2.05, 4.69) is 0 Å². The molecule has 22 heavy (non-hydrogen) atoms. The molecule has 2 unspecified atom stereocenters. The number of rotatable bonds is 8. The Morgan fingerprint density at radius 2 is 2.14 bits per heavy atom. The number of carbonyl (C=O) groups excluding carboxylic acids is 1. The van der Waals surface area contributed by atoms with Crippen LogP contribution in [0.25, 0.3) is 0 Å². The number of ether oxygens (including phenoxy) is 3. The Kier molecular flexibility index (Phi) is 8.07. The van der Waals surface area contributed by atoms with Crippen LogP contribution >= 0.6 is 0 Å². The maximum atomic E-state index is 11.1. The highest BCUT2D eigenvalue weighted by molar-refractivity contribution is 5.66. The zero-order chi connectivity index (χ0) is 16.6. The van der Waals surface area contributed by atoms with E-state index in [4.69, 9.17) is 14.2 Å². The predicted molar refractivity (Wildman–Crippen MR) is 84.4 cm³/mol. The van der Waals surface area contributed by atoms with Crippen LogP contribution in [0.1, 0.15) is 59.8 Å². The summed E-state index contributed by atoms with van der Waals surface area (Å²) >= 11 is 0. The third-order valence-corrected chi connectivity index (χ3v) is 3.75. The van der Waals surface area contributed by atoms with E-state index < -0.39 is 11.7 Å². The van der Waals surface area contributed by atoms with Gasteiger partial charge in [0.25, 0.3) is 0 Å². The predicted octanol–water partition coefficient (Wildman–Crippen LogP) is 2.96. The van der Waals surface area contributed by atoms with Crippen LogP contribution in [-0.2, 0) is 19.0 Å². The van der Waals surface area contributed by atoms with Crippen LogP contribution in [0.2, 0.25) is 0 Å². The van der Waals surface area contributed by atoms with Crippen molar-refractivity contribution in [2.75, 3.05) is 13.2 Å². The fraction of sp³-hybridized carbons (Fsp3) is 0.824. The fourth-order valence-electron chi connectivity index (χ4n) is 2.36. The van der Waals surface area contributed by atoms with Crippen LogP contribution in [0.15, 0.2) is 11.6 Å². The second-order valence-corrected chi connectivity index (χ2v) is 6.47. The molecule has 1 aliphatic heterocycles. The van der Waals surface area contributed by atoms with Gasteiger partial charge in [-0.2, -0.15) is 0 Å². The molecule has 128 valence electrons. The molecule has 0 bridgehead atoms. The molecule has 0 radical (unpaired) electrons. The van der Waals surface area contributed by atoms with E-state index in [1.807, 2.05) is 13.0 Å². The molecule has 0 amide bonds. The van der Waals surface area contributed by atoms with Gasteiger partial charge in [-0.1, -0.05) is 11.6 Å². The lowest BCUT2D eigenvalue weighted by Crippen LogP contribution is -2.39. The van der Waals surface area contributed by atoms with Crippen molar-refractivity contribution >= 4 is 5.97 Å². The molecule has 0 aromatic rings. The maximum absolute atomic E-state index is 11.1. The minimum Gasteiger partial charge on any atom is -0.460 e. The third-order valence-electron chi connectivity index (χ3n) is 3.75. The van der Waals surface area contributed by atoms with Gasteiger partial charge in [-0.25, -0.2) is 0 Å². The van der Waals surface area contributed by atoms with Gasteiger partial charge in [-0.15, -0.1) is 0 Å². The first kappa shape index (κ1) is 19.1. The van der Waals surface area contributed by atoms with Crippen LogP contribution in [0.4, 0.5) is 0 Å². The summed E-state index contributed by atoms with van der Waals surface area (Å²) in [5.41, 5.74) is 0.107. The monoisotopic (exact) mass is 314 g/mol. The van der Waals surface area contributed by atoms with Crippen LogP contribution < -0.4 is 0 Å². The molecular weight excluding hydrogens is 284 g/mol. The van der Waals surface area contributed by atoms with E-state index in [1.165, 1.54) is 6.92 Å². The fourth-order valence-corrected chi connectivity index (χ4v) is 2.36. The molecule has 5 nitrogen and oxygen atoms in total. The number of allylic oxidation sites excluding steroid dienone is 1. The maximum Gasteiger partial charge on any atom is 0.303 e. The highest BCUT2D eigenvalue weighted by Crippen LogP contribution is 2.20. The highest BCUT2D eigenvalue weighted by atomic mass is 16.7. The van der Waals surface area contributed by atoms with Crippen LogP contribution in [0.5, 0.6) is 0 Å². The highest BCUT2D eigenvalue weighted by Gasteiger charge is 2.29. The van der Waals surface area contributed by atoms with Crippen LogP contribution in [0.3, 0.4) is 0 Å². The van der Waals surface area contributed by atoms with Gasteiger partial charge in [-0.05, 0) is 52.9 Å². The minimum atomic E-state index is -1.04. The largest absolute Gasteiger partial charge is 0.460 e. The first-order valence-electron chi connectivity index (χ1n) is 8.07. The molecule has 2 atom stereocenters. The Labute approximate surface area is 133 Å². The average Bonchev–Trinajstić information content (AvgIpc) is 2.43. The Morgan fingerprint density at radius 1 is 1.41 bits per heavy atom. The number of hydrogen-bond donors (Lipinski definition) is 1. The summed E-state index contributed by atoms with van der Waals surface area (Å²) in [4.78, 5) is 11.1. The number of esters is 1. The van der Waals surface area contributed by atoms with Gasteiger partial charge in [0.05, 0.1) is 12.2 Å². The van der Waals surface area contributed by atoms with Crippen molar-refractivity contribution < 1.29 is 24.1 Å². The molecule has 1 heterocycles. The normalized spacial score (nSPS) is 21.5. The van der Waals surface area contributed by atoms with Gasteiger partial charge in [0.15, 0.2) is 6.29 Å². The molecule has 0 aromatic carbocycles. The molecule has 5 heteroatoms. The Balaban J connectivity index is 2.33. The Morgan fingerprint density at radius 3 is 2.68 bits per heavy atom. The minimum absolute atomic E-state index is 0.0806. The molecule has 1 N–H and O–H groups in total. The average molecular weight is 314 g/mol. The quantitative estimate of drug-likeness (QED) is 0.551. The standard InChI is InChI=1S/C17H30O5/c1-13(10-12-21-16-7-5-6-11-20-16)8-9-15(17(3,4)19)22-14(2)18/h10,15-16,19H,5-9,11-12H2,1-4H3. The first-order chi connectivity index (χ1) is 10.3.